The van der Waals surface area contributed by atoms with Gasteiger partial charge < -0.3 is 15.4 Å². The zero-order chi connectivity index (χ0) is 16.9. The van der Waals surface area contributed by atoms with Gasteiger partial charge in [0.15, 0.2) is 0 Å². The molecule has 0 aliphatic heterocycles. The number of carbonyl (C=O) groups excluding carboxylic acids is 1. The van der Waals surface area contributed by atoms with Crippen molar-refractivity contribution < 1.29 is 9.53 Å². The van der Waals surface area contributed by atoms with Crippen molar-refractivity contribution >= 4 is 43.6 Å². The number of benzene rings is 2. The maximum atomic E-state index is 11.8. The molecule has 0 radical (unpaired) electrons. The Morgan fingerprint density at radius 1 is 1.08 bits per heavy atom. The first-order chi connectivity index (χ1) is 11.6. The average molecular weight is 454 g/mol. The highest BCUT2D eigenvalue weighted by atomic mass is 79.9. The van der Waals surface area contributed by atoms with Crippen LogP contribution in [0.1, 0.15) is 18.4 Å². The molecule has 0 aromatic heterocycles. The third kappa shape index (κ3) is 4.74. The van der Waals surface area contributed by atoms with Gasteiger partial charge in [0.05, 0.1) is 0 Å². The first-order valence-corrected chi connectivity index (χ1v) is 9.37. The molecule has 1 fully saturated rings. The summed E-state index contributed by atoms with van der Waals surface area (Å²) in [5.74, 6) is 0. The van der Waals surface area contributed by atoms with Crippen LogP contribution < -0.4 is 10.6 Å². The molecular formula is C18H18Br2N2O2. The van der Waals surface area contributed by atoms with E-state index < -0.39 is 0 Å². The fourth-order valence-electron chi connectivity index (χ4n) is 2.61. The molecule has 1 amide bonds. The van der Waals surface area contributed by atoms with Gasteiger partial charge in [-0.3, -0.25) is 0 Å². The Kier molecular flexibility index (Phi) is 5.79. The molecule has 1 aliphatic rings. The summed E-state index contributed by atoms with van der Waals surface area (Å²) in [5, 5.41) is 6.38. The molecule has 0 spiro atoms. The topological polar surface area (TPSA) is 50.4 Å². The van der Waals surface area contributed by atoms with Crippen molar-refractivity contribution in [3.05, 3.63) is 63.0 Å². The van der Waals surface area contributed by atoms with Gasteiger partial charge in [-0.05, 0) is 52.5 Å². The highest BCUT2D eigenvalue weighted by Gasteiger charge is 2.30. The summed E-state index contributed by atoms with van der Waals surface area (Å²) in [4.78, 5) is 11.8. The summed E-state index contributed by atoms with van der Waals surface area (Å²) in [6, 6.07) is 16.2. The first-order valence-electron chi connectivity index (χ1n) is 7.79. The quantitative estimate of drug-likeness (QED) is 0.663. The van der Waals surface area contributed by atoms with Crippen molar-refractivity contribution in [1.29, 1.82) is 0 Å². The molecule has 1 aliphatic carbocycles. The number of carbonyl (C=O) groups is 1. The summed E-state index contributed by atoms with van der Waals surface area (Å²) in [6.45, 7) is 0.299. The van der Waals surface area contributed by atoms with Gasteiger partial charge in [-0.15, -0.1) is 0 Å². The molecule has 0 bridgehead atoms. The number of halogens is 2. The van der Waals surface area contributed by atoms with E-state index in [-0.39, 0.29) is 12.1 Å². The van der Waals surface area contributed by atoms with E-state index in [1.54, 1.807) is 0 Å². The lowest BCUT2D eigenvalue weighted by Gasteiger charge is -2.36. The van der Waals surface area contributed by atoms with E-state index in [9.17, 15) is 4.79 Å². The summed E-state index contributed by atoms with van der Waals surface area (Å²) in [7, 11) is 0. The summed E-state index contributed by atoms with van der Waals surface area (Å²) >= 11 is 6.99. The van der Waals surface area contributed by atoms with E-state index in [1.807, 2.05) is 48.5 Å². The lowest BCUT2D eigenvalue weighted by molar-refractivity contribution is 0.129. The molecule has 2 aromatic carbocycles. The Hall–Kier alpha value is -1.53. The Morgan fingerprint density at radius 2 is 1.83 bits per heavy atom. The third-order valence-corrected chi connectivity index (χ3v) is 5.11. The van der Waals surface area contributed by atoms with Crippen molar-refractivity contribution in [2.75, 3.05) is 5.32 Å². The van der Waals surface area contributed by atoms with Crippen molar-refractivity contribution in [2.45, 2.75) is 31.5 Å². The molecule has 3 rings (SSSR count). The van der Waals surface area contributed by atoms with E-state index in [0.29, 0.717) is 12.6 Å². The van der Waals surface area contributed by atoms with E-state index in [1.165, 1.54) is 0 Å². The number of hydrogen-bond acceptors (Lipinski definition) is 3. The first kappa shape index (κ1) is 17.3. The molecule has 1 saturated carbocycles. The largest absolute Gasteiger partial charge is 0.445 e. The lowest BCUT2D eigenvalue weighted by Crippen LogP contribution is -2.49. The summed E-state index contributed by atoms with van der Waals surface area (Å²) in [5.41, 5.74) is 2.05. The maximum absolute atomic E-state index is 11.8. The number of alkyl carbamates (subject to hydrolysis) is 1. The van der Waals surface area contributed by atoms with Gasteiger partial charge in [-0.2, -0.15) is 0 Å². The number of hydrogen-bond donors (Lipinski definition) is 2. The van der Waals surface area contributed by atoms with Gasteiger partial charge in [0.1, 0.15) is 6.61 Å². The summed E-state index contributed by atoms with van der Waals surface area (Å²) < 4.78 is 7.30. The van der Waals surface area contributed by atoms with Gasteiger partial charge >= 0.3 is 6.09 Å². The van der Waals surface area contributed by atoms with Crippen LogP contribution in [0.3, 0.4) is 0 Å². The smallest absolute Gasteiger partial charge is 0.407 e. The summed E-state index contributed by atoms with van der Waals surface area (Å²) in [6.07, 6.45) is 1.43. The van der Waals surface area contributed by atoms with E-state index in [2.05, 4.69) is 42.5 Å². The molecule has 24 heavy (non-hydrogen) atoms. The van der Waals surface area contributed by atoms with Crippen LogP contribution in [-0.2, 0) is 11.3 Å². The number of rotatable bonds is 5. The fourth-order valence-corrected chi connectivity index (χ4v) is 3.77. The molecule has 0 atom stereocenters. The molecule has 2 aromatic rings. The van der Waals surface area contributed by atoms with Gasteiger partial charge in [-0.1, -0.05) is 46.3 Å². The van der Waals surface area contributed by atoms with Crippen molar-refractivity contribution in [2.24, 2.45) is 0 Å². The van der Waals surface area contributed by atoms with E-state index in [4.69, 9.17) is 4.74 Å². The standard InChI is InChI=1S/C18H18Br2N2O2/c19-13-6-7-17(16(20)8-13)21-14-9-15(10-14)22-18(23)24-11-12-4-2-1-3-5-12/h1-8,14-15,21H,9-11H2,(H,22,23). The van der Waals surface area contributed by atoms with Crippen LogP contribution in [0.25, 0.3) is 0 Å². The third-order valence-electron chi connectivity index (χ3n) is 3.96. The average Bonchev–Trinajstić information content (AvgIpc) is 2.54. The molecule has 0 unspecified atom stereocenters. The van der Waals surface area contributed by atoms with Gasteiger partial charge in [0.2, 0.25) is 0 Å². The van der Waals surface area contributed by atoms with Crippen LogP contribution in [0.15, 0.2) is 57.5 Å². The van der Waals surface area contributed by atoms with Crippen molar-refractivity contribution in [3.63, 3.8) is 0 Å². The SMILES string of the molecule is O=C(NC1CC(Nc2ccc(Br)cc2Br)C1)OCc1ccccc1. The molecule has 6 heteroatoms. The van der Waals surface area contributed by atoms with Crippen LogP contribution in [0.2, 0.25) is 0 Å². The second kappa shape index (κ2) is 8.03. The second-order valence-electron chi connectivity index (χ2n) is 5.84. The van der Waals surface area contributed by atoms with Gasteiger partial charge in [0.25, 0.3) is 0 Å². The zero-order valence-electron chi connectivity index (χ0n) is 13.0. The van der Waals surface area contributed by atoms with Crippen LogP contribution in [0, 0.1) is 0 Å². The number of nitrogens with one attached hydrogen (secondary N) is 2. The monoisotopic (exact) mass is 452 g/mol. The number of ether oxygens (including phenoxy) is 1. The Balaban J connectivity index is 1.38. The van der Waals surface area contributed by atoms with Crippen LogP contribution in [0.5, 0.6) is 0 Å². The molecule has 0 saturated heterocycles. The minimum absolute atomic E-state index is 0.167. The number of amides is 1. The van der Waals surface area contributed by atoms with Gasteiger partial charge in [-0.25, -0.2) is 4.79 Å². The highest BCUT2D eigenvalue weighted by Crippen LogP contribution is 2.30. The zero-order valence-corrected chi connectivity index (χ0v) is 16.1. The maximum Gasteiger partial charge on any atom is 0.407 e. The van der Waals surface area contributed by atoms with Crippen LogP contribution in [-0.4, -0.2) is 18.2 Å². The van der Waals surface area contributed by atoms with E-state index >= 15 is 0 Å². The van der Waals surface area contributed by atoms with Gasteiger partial charge in [0, 0.05) is 26.7 Å². The van der Waals surface area contributed by atoms with Crippen LogP contribution in [0.4, 0.5) is 10.5 Å². The molecule has 0 heterocycles. The minimum Gasteiger partial charge on any atom is -0.445 e. The molecule has 126 valence electrons. The Labute approximate surface area is 158 Å². The Morgan fingerprint density at radius 3 is 2.54 bits per heavy atom. The van der Waals surface area contributed by atoms with Crippen molar-refractivity contribution in [3.8, 4) is 0 Å². The normalized spacial score (nSPS) is 19.2. The highest BCUT2D eigenvalue weighted by molar-refractivity contribution is 9.11. The number of anilines is 1. The Bertz CT molecular complexity index is 703. The fraction of sp³-hybridized carbons (Fsp3) is 0.278. The minimum atomic E-state index is -0.355. The molecular weight excluding hydrogens is 436 g/mol. The van der Waals surface area contributed by atoms with Crippen molar-refractivity contribution in [1.82, 2.24) is 5.32 Å². The lowest BCUT2D eigenvalue weighted by atomic mass is 9.86. The van der Waals surface area contributed by atoms with E-state index in [0.717, 1.165) is 33.0 Å². The molecule has 2 N–H and O–H groups in total. The predicted octanol–water partition coefficient (Wildman–Crippen LogP) is 5.08. The second-order valence-corrected chi connectivity index (χ2v) is 7.61. The van der Waals surface area contributed by atoms with Crippen LogP contribution >= 0.6 is 31.9 Å². The predicted molar refractivity (Wildman–Crippen MR) is 102 cm³/mol. The molecule has 4 nitrogen and oxygen atoms in total.